The zero-order valence-corrected chi connectivity index (χ0v) is 49.1. The molecule has 0 radical (unpaired) electrons. The molecule has 0 aromatic heterocycles. The van der Waals surface area contributed by atoms with Gasteiger partial charge in [-0.05, 0) is 0 Å². The molecule has 0 saturated heterocycles. The highest BCUT2D eigenvalue weighted by Crippen LogP contribution is 1.98. The minimum Gasteiger partial charge on any atom is -0.480 e. The first-order valence-electron chi connectivity index (χ1n) is 25.7. The summed E-state index contributed by atoms with van der Waals surface area (Å²) in [6.07, 6.45) is 0. The van der Waals surface area contributed by atoms with Crippen LogP contribution in [0.4, 0.5) is 0 Å². The summed E-state index contributed by atoms with van der Waals surface area (Å²) in [5.74, 6) is -15.6. The molecular weight excluding hydrogens is 1220 g/mol. The number of carboxylic acid groups (broad SMARTS) is 12. The van der Waals surface area contributed by atoms with Gasteiger partial charge in [-0.3, -0.25) is 116 Å². The van der Waals surface area contributed by atoms with Crippen molar-refractivity contribution in [2.24, 2.45) is 0 Å². The summed E-state index contributed by atoms with van der Waals surface area (Å²) in [5.41, 5.74) is 0. The molecule has 0 aliphatic rings. The number of nitrogens with zero attached hydrogens (tertiary/aromatic N) is 8. The lowest BCUT2D eigenvalue weighted by Gasteiger charge is -2.24. The number of carbonyl (C=O) groups excluding carboxylic acids is 3. The van der Waals surface area contributed by atoms with E-state index in [0.717, 1.165) is 24.0 Å². The molecular formula is C47H81N9O33. The second-order valence-corrected chi connectivity index (χ2v) is 17.8. The Bertz CT molecular complexity index is 2150. The summed E-state index contributed by atoms with van der Waals surface area (Å²) in [5, 5.41) is 116. The fraction of sp³-hybridized carbons (Fsp3) is 0.681. The lowest BCUT2D eigenvalue weighted by molar-refractivity contribution is -0.146. The molecule has 0 unspecified atom stereocenters. The maximum absolute atomic E-state index is 11.2. The number of esters is 3. The number of rotatable bonds is 51. The number of hydrogen-bond donors (Lipinski definition) is 14. The summed E-state index contributed by atoms with van der Waals surface area (Å²) in [4.78, 5) is 171. The monoisotopic (exact) mass is 1300 g/mol. The van der Waals surface area contributed by atoms with Crippen LogP contribution in [0.5, 0.6) is 0 Å². The number of aliphatic carboxylic acids is 12. The Kier molecular flexibility index (Phi) is 52.6. The quantitative estimate of drug-likeness (QED) is 0.0116. The number of aliphatic hydroxyl groups excluding tert-OH is 1. The van der Waals surface area contributed by atoms with Gasteiger partial charge in [-0.15, -0.1) is 0 Å². The van der Waals surface area contributed by atoms with Gasteiger partial charge in [0.1, 0.15) is 0 Å². The van der Waals surface area contributed by atoms with Crippen molar-refractivity contribution in [1.29, 1.82) is 0 Å². The Labute approximate surface area is 506 Å². The lowest BCUT2D eigenvalue weighted by atomic mass is 10.4. The average molecular weight is 1300 g/mol. The van der Waals surface area contributed by atoms with E-state index < -0.39 is 155 Å². The SMILES string of the molecule is COC(=O)CN(CCN(CC(=O)O)CC(=O)O)CC(=O)O.COC(=O)CN(CCOCCOCCN(CC(=O)O)CC(=O)O)CC(=O)O.COC(=O)CN(CNCN(CC(=O)O)CC(=O)O)CC(=O)O.O=C(O)CN(CCO)CCN(CC(=O)O)CC(=O)O. The van der Waals surface area contributed by atoms with Crippen LogP contribution >= 0.6 is 0 Å². The first kappa shape index (κ1) is 87.0. The van der Waals surface area contributed by atoms with Gasteiger partial charge in [0.05, 0.1) is 166 Å². The van der Waals surface area contributed by atoms with Gasteiger partial charge in [-0.25, -0.2) is 0 Å². The summed E-state index contributed by atoms with van der Waals surface area (Å²) < 4.78 is 23.9. The van der Waals surface area contributed by atoms with Crippen molar-refractivity contribution in [1.82, 2.24) is 44.5 Å². The molecule has 0 aliphatic heterocycles. The molecule has 0 fully saturated rings. The van der Waals surface area contributed by atoms with Gasteiger partial charge >= 0.3 is 89.5 Å². The average Bonchev–Trinajstić information content (AvgIpc) is 3.39. The molecule has 42 heteroatoms. The molecule has 89 heavy (non-hydrogen) atoms. The molecule has 0 saturated carbocycles. The second-order valence-electron chi connectivity index (χ2n) is 17.8. The number of methoxy groups -OCH3 is 3. The van der Waals surface area contributed by atoms with Crippen LogP contribution in [-0.2, 0) is 95.6 Å². The number of carbonyl (C=O) groups is 15. The van der Waals surface area contributed by atoms with Crippen LogP contribution in [0.2, 0.25) is 0 Å². The van der Waals surface area contributed by atoms with E-state index in [1.807, 2.05) is 0 Å². The lowest BCUT2D eigenvalue weighted by Crippen LogP contribution is -2.46. The molecule has 0 amide bonds. The van der Waals surface area contributed by atoms with Gasteiger partial charge in [0.15, 0.2) is 0 Å². The first-order chi connectivity index (χ1) is 41.6. The third-order valence-electron chi connectivity index (χ3n) is 10.1. The fourth-order valence-corrected chi connectivity index (χ4v) is 6.49. The van der Waals surface area contributed by atoms with Crippen molar-refractivity contribution in [2.75, 3.05) is 212 Å². The van der Waals surface area contributed by atoms with Crippen LogP contribution in [0.15, 0.2) is 0 Å². The topological polar surface area (TPSA) is 603 Å². The highest BCUT2D eigenvalue weighted by molar-refractivity contribution is 5.77. The number of nitrogens with one attached hydrogen (secondary N) is 1. The van der Waals surface area contributed by atoms with Crippen molar-refractivity contribution < 1.29 is 162 Å². The summed E-state index contributed by atoms with van der Waals surface area (Å²) in [6, 6.07) is 0. The van der Waals surface area contributed by atoms with Crippen molar-refractivity contribution >= 4 is 89.5 Å². The Morgan fingerprint density at radius 2 is 0.449 bits per heavy atom. The molecule has 14 N–H and O–H groups in total. The van der Waals surface area contributed by atoms with Crippen molar-refractivity contribution in [3.63, 3.8) is 0 Å². The zero-order chi connectivity index (χ0) is 69.0. The van der Waals surface area contributed by atoms with Crippen LogP contribution < -0.4 is 5.32 Å². The predicted octanol–water partition coefficient (Wildman–Crippen LogP) is -8.57. The number of ether oxygens (including phenoxy) is 5. The third-order valence-corrected chi connectivity index (χ3v) is 10.1. The van der Waals surface area contributed by atoms with E-state index in [4.69, 9.17) is 75.9 Å². The Morgan fingerprint density at radius 3 is 0.697 bits per heavy atom. The van der Waals surface area contributed by atoms with Crippen LogP contribution in [-0.4, -0.2) is 407 Å². The minimum absolute atomic E-state index is 0.0110. The molecule has 512 valence electrons. The largest absolute Gasteiger partial charge is 0.480 e. The third kappa shape index (κ3) is 62.4. The van der Waals surface area contributed by atoms with Crippen LogP contribution in [0.1, 0.15) is 0 Å². The van der Waals surface area contributed by atoms with Crippen molar-refractivity contribution in [3.05, 3.63) is 0 Å². The van der Waals surface area contributed by atoms with Crippen molar-refractivity contribution in [3.8, 4) is 0 Å². The van der Waals surface area contributed by atoms with Gasteiger partial charge < -0.3 is 90.1 Å². The van der Waals surface area contributed by atoms with E-state index in [1.165, 1.54) is 36.5 Å². The Morgan fingerprint density at radius 1 is 0.258 bits per heavy atom. The molecule has 0 atom stereocenters. The van der Waals surface area contributed by atoms with Gasteiger partial charge in [0.25, 0.3) is 0 Å². The number of hydrogen-bond acceptors (Lipinski definition) is 30. The molecule has 42 nitrogen and oxygen atoms in total. The molecule has 0 spiro atoms. The highest BCUT2D eigenvalue weighted by atomic mass is 16.5. The van der Waals surface area contributed by atoms with Gasteiger partial charge in [-0.1, -0.05) is 0 Å². The molecule has 0 aromatic rings. The van der Waals surface area contributed by atoms with E-state index in [2.05, 4.69) is 19.5 Å². The van der Waals surface area contributed by atoms with Gasteiger partial charge in [-0.2, -0.15) is 0 Å². The van der Waals surface area contributed by atoms with Crippen LogP contribution in [0, 0.1) is 0 Å². The highest BCUT2D eigenvalue weighted by Gasteiger charge is 2.21. The van der Waals surface area contributed by atoms with E-state index in [0.29, 0.717) is 0 Å². The summed E-state index contributed by atoms with van der Waals surface area (Å²) in [7, 11) is 3.53. The normalized spacial score (nSPS) is 10.8. The maximum atomic E-state index is 11.2. The van der Waals surface area contributed by atoms with Crippen LogP contribution in [0.25, 0.3) is 0 Å². The number of aliphatic hydroxyl groups is 1. The fourth-order valence-electron chi connectivity index (χ4n) is 6.49. The molecule has 0 bridgehead atoms. The smallest absolute Gasteiger partial charge is 0.319 e. The van der Waals surface area contributed by atoms with Gasteiger partial charge in [0.2, 0.25) is 0 Å². The maximum Gasteiger partial charge on any atom is 0.319 e. The van der Waals surface area contributed by atoms with Crippen molar-refractivity contribution in [2.45, 2.75) is 0 Å². The zero-order valence-electron chi connectivity index (χ0n) is 49.1. The molecule has 0 aromatic carbocycles. The second kappa shape index (κ2) is 53.8. The van der Waals surface area contributed by atoms with Crippen LogP contribution in [0.3, 0.4) is 0 Å². The van der Waals surface area contributed by atoms with E-state index >= 15 is 0 Å². The summed E-state index contributed by atoms with van der Waals surface area (Å²) >= 11 is 0. The van der Waals surface area contributed by atoms with E-state index in [1.54, 1.807) is 0 Å². The van der Waals surface area contributed by atoms with E-state index in [-0.39, 0.29) is 125 Å². The predicted molar refractivity (Wildman–Crippen MR) is 291 cm³/mol. The Hall–Kier alpha value is -8.43. The molecule has 0 heterocycles. The summed E-state index contributed by atoms with van der Waals surface area (Å²) in [6.45, 7) is -4.78. The standard InChI is InChI=1S/C15H26N2O10.C11H19N3O8.C11H18N2O8.C10H18N2O7/c1-25-15(24)11-17(10-14(22)23)3-5-27-7-6-26-4-2-16(8-12(18)19)9-13(20)21;1-22-11(21)5-14(4-10(19)20)7-12-6-13(2-8(15)16)3-9(17)18;1-21-11(20)7-13(6-10(18)19)3-2-12(4-8(14)15)5-9(16)17;13-4-3-11(5-8(14)15)1-2-12(6-9(16)17)7-10(18)19/h2-11H2,1H3,(H,18,19)(H,20,21)(H,22,23);12H,2-7H2,1H3,(H,15,16)(H,17,18)(H,19,20);2-7H2,1H3,(H,14,15)(H,16,17)(H,18,19);13H,1-7H2,(H,14,15)(H,16,17)(H,18,19). The molecule has 0 aliphatic carbocycles. The Balaban J connectivity index is -0.000000546. The minimum atomic E-state index is -1.20. The molecule has 0 rings (SSSR count). The number of carboxylic acids is 12. The van der Waals surface area contributed by atoms with E-state index in [9.17, 15) is 71.9 Å². The first-order valence-corrected chi connectivity index (χ1v) is 25.7. The van der Waals surface area contributed by atoms with Gasteiger partial charge in [0, 0.05) is 45.8 Å².